The number of pyridine rings is 1. The minimum absolute atomic E-state index is 0.169. The van der Waals surface area contributed by atoms with E-state index in [1.807, 2.05) is 19.1 Å². The molecule has 106 valence electrons. The molecular formula is C15H16ClFN2O. The topological polar surface area (TPSA) is 34.2 Å². The van der Waals surface area contributed by atoms with Crippen LogP contribution in [0, 0.1) is 5.82 Å². The second kappa shape index (κ2) is 6.68. The number of ether oxygens (including phenoxy) is 1. The molecule has 2 rings (SSSR count). The minimum atomic E-state index is -0.363. The van der Waals surface area contributed by atoms with Gasteiger partial charge in [-0.25, -0.2) is 4.39 Å². The molecule has 0 aliphatic carbocycles. The maximum absolute atomic E-state index is 13.3. The highest BCUT2D eigenvalue weighted by Gasteiger charge is 2.20. The summed E-state index contributed by atoms with van der Waals surface area (Å²) in [6.45, 7) is 1.91. The normalized spacial score (nSPS) is 13.8. The molecule has 5 heteroatoms. The van der Waals surface area contributed by atoms with E-state index in [4.69, 9.17) is 16.3 Å². The molecule has 2 unspecified atom stereocenters. The average molecular weight is 295 g/mol. The molecule has 0 spiro atoms. The quantitative estimate of drug-likeness (QED) is 0.915. The van der Waals surface area contributed by atoms with Crippen molar-refractivity contribution < 1.29 is 9.13 Å². The molecule has 20 heavy (non-hydrogen) atoms. The van der Waals surface area contributed by atoms with Gasteiger partial charge in [0.2, 0.25) is 0 Å². The molecule has 0 aliphatic heterocycles. The third-order valence-electron chi connectivity index (χ3n) is 2.98. The molecule has 2 atom stereocenters. The van der Waals surface area contributed by atoms with Gasteiger partial charge in [0, 0.05) is 11.2 Å². The van der Waals surface area contributed by atoms with Gasteiger partial charge >= 0.3 is 0 Å². The molecule has 0 fully saturated rings. The molecule has 1 aromatic carbocycles. The number of benzene rings is 1. The number of halogens is 2. The molecule has 3 nitrogen and oxygen atoms in total. The van der Waals surface area contributed by atoms with Gasteiger partial charge in [0.25, 0.3) is 0 Å². The number of hydrogen-bond acceptors (Lipinski definition) is 3. The zero-order valence-corrected chi connectivity index (χ0v) is 12.1. The van der Waals surface area contributed by atoms with Crippen LogP contribution in [0.15, 0.2) is 42.7 Å². The van der Waals surface area contributed by atoms with Crippen LogP contribution in [0.25, 0.3) is 0 Å². The second-order valence-electron chi connectivity index (χ2n) is 4.48. The lowest BCUT2D eigenvalue weighted by atomic mass is 10.0. The van der Waals surface area contributed by atoms with E-state index in [2.05, 4.69) is 10.3 Å². The Labute approximate surface area is 122 Å². The molecule has 2 aromatic rings. The number of nitrogens with zero attached hydrogens (tertiary/aromatic N) is 1. The van der Waals surface area contributed by atoms with Gasteiger partial charge in [-0.1, -0.05) is 17.7 Å². The van der Waals surface area contributed by atoms with Crippen molar-refractivity contribution in [1.82, 2.24) is 10.3 Å². The summed E-state index contributed by atoms with van der Waals surface area (Å²) >= 11 is 5.92. The summed E-state index contributed by atoms with van der Waals surface area (Å²) in [5, 5.41) is 3.73. The fourth-order valence-electron chi connectivity index (χ4n) is 2.09. The van der Waals surface area contributed by atoms with Crippen molar-refractivity contribution in [2.75, 3.05) is 7.05 Å². The molecule has 0 aliphatic rings. The maximum Gasteiger partial charge on any atom is 0.141 e. The fraction of sp³-hybridized carbons (Fsp3) is 0.267. The first-order valence-corrected chi connectivity index (χ1v) is 6.68. The van der Waals surface area contributed by atoms with Crippen LogP contribution in [0.5, 0.6) is 5.75 Å². The second-order valence-corrected chi connectivity index (χ2v) is 4.92. The zero-order valence-electron chi connectivity index (χ0n) is 11.3. The highest BCUT2D eigenvalue weighted by molar-refractivity contribution is 6.30. The Balaban J connectivity index is 2.15. The van der Waals surface area contributed by atoms with Crippen LogP contribution >= 0.6 is 11.6 Å². The lowest BCUT2D eigenvalue weighted by Gasteiger charge is -2.24. The van der Waals surface area contributed by atoms with Crippen molar-refractivity contribution >= 4 is 11.6 Å². The highest BCUT2D eigenvalue weighted by Crippen LogP contribution is 2.23. The van der Waals surface area contributed by atoms with Crippen molar-refractivity contribution in [1.29, 1.82) is 0 Å². The van der Waals surface area contributed by atoms with Crippen molar-refractivity contribution in [2.24, 2.45) is 0 Å². The molecule has 0 saturated heterocycles. The Hall–Kier alpha value is -1.65. The van der Waals surface area contributed by atoms with Gasteiger partial charge < -0.3 is 10.1 Å². The number of hydrogen-bond donors (Lipinski definition) is 1. The Morgan fingerprint density at radius 1 is 1.30 bits per heavy atom. The van der Waals surface area contributed by atoms with Crippen molar-refractivity contribution in [3.05, 3.63) is 59.1 Å². The van der Waals surface area contributed by atoms with E-state index in [0.29, 0.717) is 10.8 Å². The van der Waals surface area contributed by atoms with Crippen molar-refractivity contribution in [3.63, 3.8) is 0 Å². The van der Waals surface area contributed by atoms with E-state index >= 15 is 0 Å². The first-order valence-electron chi connectivity index (χ1n) is 6.30. The monoisotopic (exact) mass is 294 g/mol. The standard InChI is InChI=1S/C15H16ClFN2O/c1-10(20-14-5-3-4-12(16)7-14)15(18-2)11-6-13(17)9-19-8-11/h3-10,15,18H,1-2H3. The molecule has 1 N–H and O–H groups in total. The van der Waals surface area contributed by atoms with E-state index < -0.39 is 0 Å². The first-order chi connectivity index (χ1) is 9.60. The SMILES string of the molecule is CNC(c1cncc(F)c1)C(C)Oc1cccc(Cl)c1. The van der Waals surface area contributed by atoms with Gasteiger partial charge in [-0.05, 0) is 43.8 Å². The van der Waals surface area contributed by atoms with Crippen molar-refractivity contribution in [2.45, 2.75) is 19.1 Å². The lowest BCUT2D eigenvalue weighted by molar-refractivity contribution is 0.175. The van der Waals surface area contributed by atoms with Gasteiger partial charge in [0.1, 0.15) is 17.7 Å². The molecule has 1 aromatic heterocycles. The summed E-state index contributed by atoms with van der Waals surface area (Å²) < 4.78 is 19.1. The Bertz CT molecular complexity index is 579. The van der Waals surface area contributed by atoms with Gasteiger partial charge in [-0.3, -0.25) is 4.98 Å². The smallest absolute Gasteiger partial charge is 0.141 e. The Morgan fingerprint density at radius 3 is 2.75 bits per heavy atom. The molecule has 1 heterocycles. The number of rotatable bonds is 5. The lowest BCUT2D eigenvalue weighted by Crippen LogP contribution is -2.31. The predicted octanol–water partition coefficient (Wildman–Crippen LogP) is 3.60. The van der Waals surface area contributed by atoms with E-state index in [9.17, 15) is 4.39 Å². The van der Waals surface area contributed by atoms with Crippen LogP contribution in [0.3, 0.4) is 0 Å². The first kappa shape index (κ1) is 14.8. The summed E-state index contributed by atoms with van der Waals surface area (Å²) in [5.74, 6) is 0.312. The van der Waals surface area contributed by atoms with Crippen molar-refractivity contribution in [3.8, 4) is 5.75 Å². The van der Waals surface area contributed by atoms with Gasteiger partial charge in [0.05, 0.1) is 12.2 Å². The van der Waals surface area contributed by atoms with Crippen LogP contribution in [-0.4, -0.2) is 18.1 Å². The molecular weight excluding hydrogens is 279 g/mol. The number of nitrogens with one attached hydrogen (secondary N) is 1. The fourth-order valence-corrected chi connectivity index (χ4v) is 2.27. The van der Waals surface area contributed by atoms with Gasteiger partial charge in [-0.2, -0.15) is 0 Å². The largest absolute Gasteiger partial charge is 0.489 e. The van der Waals surface area contributed by atoms with Crippen LogP contribution in [0.2, 0.25) is 5.02 Å². The summed E-state index contributed by atoms with van der Waals surface area (Å²) in [5.41, 5.74) is 0.738. The maximum atomic E-state index is 13.3. The summed E-state index contributed by atoms with van der Waals surface area (Å²) in [7, 11) is 1.80. The highest BCUT2D eigenvalue weighted by atomic mass is 35.5. The van der Waals surface area contributed by atoms with Crippen LogP contribution in [-0.2, 0) is 0 Å². The number of aromatic nitrogens is 1. The van der Waals surface area contributed by atoms with E-state index in [1.165, 1.54) is 12.3 Å². The van der Waals surface area contributed by atoms with E-state index in [-0.39, 0.29) is 18.0 Å². The average Bonchev–Trinajstić information content (AvgIpc) is 2.39. The van der Waals surface area contributed by atoms with E-state index in [0.717, 1.165) is 5.56 Å². The third kappa shape index (κ3) is 3.68. The van der Waals surface area contributed by atoms with Gasteiger partial charge in [-0.15, -0.1) is 0 Å². The molecule has 0 radical (unpaired) electrons. The predicted molar refractivity (Wildman–Crippen MR) is 77.5 cm³/mol. The Morgan fingerprint density at radius 2 is 2.10 bits per heavy atom. The summed E-state index contributed by atoms with van der Waals surface area (Å²) in [4.78, 5) is 3.86. The van der Waals surface area contributed by atoms with Gasteiger partial charge in [0.15, 0.2) is 0 Å². The zero-order chi connectivity index (χ0) is 14.5. The van der Waals surface area contributed by atoms with Crippen LogP contribution in [0.4, 0.5) is 4.39 Å². The Kier molecular flexibility index (Phi) is 4.93. The molecule has 0 saturated carbocycles. The number of likely N-dealkylation sites (N-methyl/N-ethyl adjacent to an activating group) is 1. The third-order valence-corrected chi connectivity index (χ3v) is 3.22. The van der Waals surface area contributed by atoms with E-state index in [1.54, 1.807) is 25.4 Å². The molecule has 0 amide bonds. The summed E-state index contributed by atoms with van der Waals surface area (Å²) in [6.07, 6.45) is 2.60. The summed E-state index contributed by atoms with van der Waals surface area (Å²) in [6, 6.07) is 8.46. The molecule has 0 bridgehead atoms. The minimum Gasteiger partial charge on any atom is -0.489 e. The van der Waals surface area contributed by atoms with Crippen LogP contribution < -0.4 is 10.1 Å². The van der Waals surface area contributed by atoms with Crippen LogP contribution in [0.1, 0.15) is 18.5 Å².